The summed E-state index contributed by atoms with van der Waals surface area (Å²) in [7, 11) is 3.09. The Morgan fingerprint density at radius 3 is 2.73 bits per heavy atom. The minimum absolute atomic E-state index is 0.0588. The van der Waals surface area contributed by atoms with E-state index in [-0.39, 0.29) is 12.1 Å². The van der Waals surface area contributed by atoms with Crippen LogP contribution in [-0.4, -0.2) is 36.3 Å². The predicted molar refractivity (Wildman–Crippen MR) is 102 cm³/mol. The van der Waals surface area contributed by atoms with Gasteiger partial charge in [-0.2, -0.15) is 0 Å². The highest BCUT2D eigenvalue weighted by atomic mass is 35.5. The van der Waals surface area contributed by atoms with Crippen LogP contribution >= 0.6 is 11.6 Å². The van der Waals surface area contributed by atoms with E-state index in [0.29, 0.717) is 28.8 Å². The zero-order valence-corrected chi connectivity index (χ0v) is 16.0. The molecule has 0 bridgehead atoms. The highest BCUT2D eigenvalue weighted by Gasteiger charge is 2.30. The van der Waals surface area contributed by atoms with Gasteiger partial charge in [0.15, 0.2) is 0 Å². The Morgan fingerprint density at radius 1 is 1.27 bits per heavy atom. The lowest BCUT2D eigenvalue weighted by Gasteiger charge is -2.37. The molecule has 1 aromatic heterocycles. The second-order valence-electron chi connectivity index (χ2n) is 6.24. The van der Waals surface area contributed by atoms with Gasteiger partial charge in [-0.3, -0.25) is 0 Å². The summed E-state index contributed by atoms with van der Waals surface area (Å²) >= 11 is 6.21. The molecule has 0 saturated carbocycles. The first kappa shape index (κ1) is 18.5. The molecule has 0 fully saturated rings. The number of anilines is 1. The number of nitrogens with zero attached hydrogens (tertiary/aromatic N) is 2. The summed E-state index contributed by atoms with van der Waals surface area (Å²) in [6.45, 7) is 3.57. The zero-order chi connectivity index (χ0) is 18.7. The third-order valence-electron chi connectivity index (χ3n) is 4.70. The number of nitrogens with one attached hydrogen (secondary N) is 1. The summed E-state index contributed by atoms with van der Waals surface area (Å²) in [6.07, 6.45) is 3.98. The first-order valence-electron chi connectivity index (χ1n) is 8.73. The number of halogens is 1. The lowest BCUT2D eigenvalue weighted by molar-refractivity contribution is 0.163. The number of rotatable bonds is 5. The molecule has 0 saturated heterocycles. The van der Waals surface area contributed by atoms with E-state index < -0.39 is 0 Å². The van der Waals surface area contributed by atoms with Crippen LogP contribution in [-0.2, 0) is 6.54 Å². The molecule has 2 amide bonds. The maximum atomic E-state index is 13.0. The van der Waals surface area contributed by atoms with E-state index in [1.54, 1.807) is 19.2 Å². The summed E-state index contributed by atoms with van der Waals surface area (Å²) in [5, 5.41) is 3.37. The van der Waals surface area contributed by atoms with Gasteiger partial charge in [0, 0.05) is 31.0 Å². The normalized spacial score (nSPS) is 16.2. The fourth-order valence-electron chi connectivity index (χ4n) is 3.43. The van der Waals surface area contributed by atoms with Crippen LogP contribution in [0, 0.1) is 0 Å². The quantitative estimate of drug-likeness (QED) is 0.831. The molecular formula is C19H24ClN3O3. The number of carbonyl (C=O) groups is 1. The fourth-order valence-corrected chi connectivity index (χ4v) is 3.67. The molecule has 1 unspecified atom stereocenters. The van der Waals surface area contributed by atoms with Gasteiger partial charge in [-0.1, -0.05) is 24.9 Å². The fraction of sp³-hybridized carbons (Fsp3) is 0.421. The maximum Gasteiger partial charge on any atom is 0.322 e. The number of fused-ring (bicyclic) bond motifs is 1. The average molecular weight is 378 g/mol. The van der Waals surface area contributed by atoms with Gasteiger partial charge in [-0.25, -0.2) is 4.79 Å². The van der Waals surface area contributed by atoms with E-state index in [0.717, 1.165) is 19.4 Å². The summed E-state index contributed by atoms with van der Waals surface area (Å²) in [5.74, 6) is 1.01. The molecular weight excluding hydrogens is 354 g/mol. The molecule has 0 spiro atoms. The topological polar surface area (TPSA) is 55.7 Å². The number of amides is 2. The van der Waals surface area contributed by atoms with E-state index in [9.17, 15) is 4.79 Å². The van der Waals surface area contributed by atoms with Crippen LogP contribution in [0.15, 0.2) is 30.5 Å². The van der Waals surface area contributed by atoms with E-state index in [1.807, 2.05) is 11.0 Å². The van der Waals surface area contributed by atoms with Crippen molar-refractivity contribution in [2.75, 3.05) is 26.1 Å². The monoisotopic (exact) mass is 377 g/mol. The molecule has 0 aliphatic carbocycles. The van der Waals surface area contributed by atoms with E-state index in [4.69, 9.17) is 21.1 Å². The van der Waals surface area contributed by atoms with Crippen LogP contribution < -0.4 is 14.8 Å². The lowest BCUT2D eigenvalue weighted by atomic mass is 10.0. The van der Waals surface area contributed by atoms with Crippen LogP contribution in [0.3, 0.4) is 0 Å². The molecule has 140 valence electrons. The standard InChI is InChI=1S/C19H24ClN3O3/c1-4-6-16-15-7-5-8-22(15)9-10-23(16)19(24)21-14-11-13(20)17(25-2)12-18(14)26-3/h5,7-8,11-12,16H,4,6,9-10H2,1-3H3,(H,21,24). The molecule has 2 aromatic rings. The van der Waals surface area contributed by atoms with Crippen molar-refractivity contribution in [2.24, 2.45) is 0 Å². The van der Waals surface area contributed by atoms with E-state index >= 15 is 0 Å². The number of methoxy groups -OCH3 is 2. The van der Waals surface area contributed by atoms with Gasteiger partial charge in [0.1, 0.15) is 11.5 Å². The Morgan fingerprint density at radius 2 is 2.04 bits per heavy atom. The largest absolute Gasteiger partial charge is 0.495 e. The van der Waals surface area contributed by atoms with Crippen LogP contribution in [0.25, 0.3) is 0 Å². The van der Waals surface area contributed by atoms with Gasteiger partial charge >= 0.3 is 6.03 Å². The Labute approximate surface area is 158 Å². The summed E-state index contributed by atoms with van der Waals surface area (Å²) in [6, 6.07) is 7.34. The molecule has 1 aliphatic heterocycles. The van der Waals surface area contributed by atoms with Crippen LogP contribution in [0.5, 0.6) is 11.5 Å². The highest BCUT2D eigenvalue weighted by Crippen LogP contribution is 2.37. The number of benzene rings is 1. The van der Waals surface area contributed by atoms with Crippen molar-refractivity contribution in [2.45, 2.75) is 32.4 Å². The number of hydrogen-bond donors (Lipinski definition) is 1. The van der Waals surface area contributed by atoms with Crippen molar-refractivity contribution in [1.82, 2.24) is 9.47 Å². The maximum absolute atomic E-state index is 13.0. The number of carbonyl (C=O) groups excluding carboxylic acids is 1. The number of hydrogen-bond acceptors (Lipinski definition) is 3. The van der Waals surface area contributed by atoms with Gasteiger partial charge in [-0.05, 0) is 24.6 Å². The smallest absolute Gasteiger partial charge is 0.322 e. The molecule has 0 radical (unpaired) electrons. The summed E-state index contributed by atoms with van der Waals surface area (Å²) < 4.78 is 12.8. The van der Waals surface area contributed by atoms with Gasteiger partial charge in [-0.15, -0.1) is 0 Å². The third kappa shape index (κ3) is 3.46. The van der Waals surface area contributed by atoms with Gasteiger partial charge < -0.3 is 24.3 Å². The second kappa shape index (κ2) is 7.91. The molecule has 1 atom stereocenters. The number of ether oxygens (including phenoxy) is 2. The van der Waals surface area contributed by atoms with Crippen molar-refractivity contribution in [1.29, 1.82) is 0 Å². The lowest BCUT2D eigenvalue weighted by Crippen LogP contribution is -2.44. The summed E-state index contributed by atoms with van der Waals surface area (Å²) in [4.78, 5) is 14.9. The van der Waals surface area contributed by atoms with Crippen LogP contribution in [0.4, 0.5) is 10.5 Å². The van der Waals surface area contributed by atoms with Crippen molar-refractivity contribution in [3.05, 3.63) is 41.2 Å². The Balaban J connectivity index is 1.85. The highest BCUT2D eigenvalue weighted by molar-refractivity contribution is 6.32. The van der Waals surface area contributed by atoms with Crippen molar-refractivity contribution >= 4 is 23.3 Å². The molecule has 3 rings (SSSR count). The Bertz CT molecular complexity index is 790. The molecule has 26 heavy (non-hydrogen) atoms. The van der Waals surface area contributed by atoms with Crippen molar-refractivity contribution in [3.63, 3.8) is 0 Å². The predicted octanol–water partition coefficient (Wildman–Crippen LogP) is 4.55. The summed E-state index contributed by atoms with van der Waals surface area (Å²) in [5.41, 5.74) is 1.70. The van der Waals surface area contributed by atoms with Crippen LogP contribution in [0.2, 0.25) is 5.02 Å². The Kier molecular flexibility index (Phi) is 5.61. The first-order valence-corrected chi connectivity index (χ1v) is 9.11. The van der Waals surface area contributed by atoms with Gasteiger partial charge in [0.05, 0.1) is 31.0 Å². The third-order valence-corrected chi connectivity index (χ3v) is 5.00. The second-order valence-corrected chi connectivity index (χ2v) is 6.65. The number of urea groups is 1. The van der Waals surface area contributed by atoms with E-state index in [1.165, 1.54) is 12.8 Å². The SMILES string of the molecule is CCCC1c2cccn2CCN1C(=O)Nc1cc(Cl)c(OC)cc1OC. The number of aromatic nitrogens is 1. The van der Waals surface area contributed by atoms with Gasteiger partial charge in [0.2, 0.25) is 0 Å². The molecule has 1 aromatic carbocycles. The van der Waals surface area contributed by atoms with Crippen molar-refractivity contribution < 1.29 is 14.3 Å². The minimum Gasteiger partial charge on any atom is -0.495 e. The molecule has 1 aliphatic rings. The van der Waals surface area contributed by atoms with Crippen LogP contribution in [0.1, 0.15) is 31.5 Å². The average Bonchev–Trinajstić information content (AvgIpc) is 3.11. The van der Waals surface area contributed by atoms with Crippen molar-refractivity contribution in [3.8, 4) is 11.5 Å². The first-order chi connectivity index (χ1) is 12.6. The zero-order valence-electron chi connectivity index (χ0n) is 15.3. The Hall–Kier alpha value is -2.34. The molecule has 2 heterocycles. The van der Waals surface area contributed by atoms with Gasteiger partial charge in [0.25, 0.3) is 0 Å². The molecule has 1 N–H and O–H groups in total. The molecule has 7 heteroatoms. The molecule has 6 nitrogen and oxygen atoms in total. The van der Waals surface area contributed by atoms with E-state index in [2.05, 4.69) is 29.1 Å². The minimum atomic E-state index is -0.157.